The summed E-state index contributed by atoms with van der Waals surface area (Å²) in [6.45, 7) is 7.00. The van der Waals surface area contributed by atoms with Gasteiger partial charge in [-0.2, -0.15) is 21.0 Å². The first-order valence-electron chi connectivity index (χ1n) is 17.5. The average Bonchev–Trinajstić information content (AvgIpc) is 3.89. The van der Waals surface area contributed by atoms with Crippen LogP contribution in [0, 0.1) is 86.3 Å². The Morgan fingerprint density at radius 2 is 0.643 bits per heavy atom. The molecule has 0 bridgehead atoms. The Bertz CT molecular complexity index is 1880. The molecule has 0 spiro atoms. The van der Waals surface area contributed by atoms with Gasteiger partial charge in [-0.15, -0.1) is 41.0 Å². The van der Waals surface area contributed by atoms with Crippen LogP contribution in [-0.2, 0) is 56.5 Å². The number of pyridine rings is 2. The van der Waals surface area contributed by atoms with Crippen molar-refractivity contribution >= 4 is 11.8 Å². The van der Waals surface area contributed by atoms with E-state index in [0.717, 1.165) is 24.2 Å². The number of aromatic nitrogens is 2. The predicted molar refractivity (Wildman–Crippen MR) is 186 cm³/mol. The van der Waals surface area contributed by atoms with Gasteiger partial charge in [-0.05, 0) is 48.2 Å². The van der Waals surface area contributed by atoms with E-state index in [1.165, 1.54) is 38.8 Å². The molecule has 0 saturated carbocycles. The predicted octanol–water partition coefficient (Wildman–Crippen LogP) is -12.0. The van der Waals surface area contributed by atoms with Crippen LogP contribution in [0.4, 0.5) is 0 Å². The van der Waals surface area contributed by atoms with E-state index in [4.69, 9.17) is 105 Å². The molecule has 0 unspecified atom stereocenters. The molecule has 2 aliphatic rings. The largest absolute Gasteiger partial charge is 2.00 e. The van der Waals surface area contributed by atoms with Crippen LogP contribution < -0.4 is 74.5 Å². The van der Waals surface area contributed by atoms with Gasteiger partial charge in [0.25, 0.3) is 0 Å². The smallest absolute Gasteiger partial charge is 0.474 e. The summed E-state index contributed by atoms with van der Waals surface area (Å²) in [5.74, 6) is 1.33. The molecular formula is C38H40Cl4Cu2N8O18. The van der Waals surface area contributed by atoms with Gasteiger partial charge in [-0.1, -0.05) is 72.8 Å². The molecule has 2 radical (unpaired) electrons. The second-order valence-electron chi connectivity index (χ2n) is 11.0. The van der Waals surface area contributed by atoms with E-state index in [1.54, 1.807) is 36.7 Å². The molecule has 32 heteroatoms. The Hall–Kier alpha value is -4.80. The van der Waals surface area contributed by atoms with Gasteiger partial charge in [0.1, 0.15) is 24.6 Å². The fraction of sp³-hybridized carbons (Fsp3) is 0.263. The van der Waals surface area contributed by atoms with E-state index in [1.807, 2.05) is 48.5 Å². The first-order valence-corrected chi connectivity index (χ1v) is 22.5. The van der Waals surface area contributed by atoms with Crippen molar-refractivity contribution in [1.29, 1.82) is 21.0 Å². The maximum Gasteiger partial charge on any atom is 2.00 e. The third-order valence-corrected chi connectivity index (χ3v) is 5.82. The van der Waals surface area contributed by atoms with Crippen molar-refractivity contribution in [3.63, 3.8) is 0 Å². The topological polar surface area (TPSA) is 533 Å². The summed E-state index contributed by atoms with van der Waals surface area (Å²) in [6.07, 6.45) is 5.34. The van der Waals surface area contributed by atoms with Gasteiger partial charge in [0.2, 0.25) is 11.8 Å². The van der Waals surface area contributed by atoms with Gasteiger partial charge in [0.05, 0.1) is 36.4 Å². The average molecular weight is 1170 g/mol. The fourth-order valence-corrected chi connectivity index (χ4v) is 4.07. The standard InChI is InChI=1S/2C15H14N2O.4C2H3N.4ClHO4.2Cu/c2*1-2-6-12(7-3-1)10-13-11-18-15(17-13)14-8-4-5-9-16-14;4*1-2-3;4*2-1(3,4)5;;/h2*1-9,13H,10-11H2;4*1H3;4*(H,2,3,4,5);;/q;;;;;;;;;;2*+2/p-4/t2*13-;;;;;;;;;;/m00........../s1. The monoisotopic (exact) mass is 1160 g/mol. The summed E-state index contributed by atoms with van der Waals surface area (Å²) < 4.78 is 147. The third-order valence-electron chi connectivity index (χ3n) is 5.82. The number of benzene rings is 2. The number of nitrogens with zero attached hydrogens (tertiary/aromatic N) is 8. The molecule has 26 nitrogen and oxygen atoms in total. The van der Waals surface area contributed by atoms with Gasteiger partial charge in [0, 0.05) is 40.1 Å². The molecule has 0 amide bonds. The minimum absolute atomic E-state index is 0. The molecule has 2 atom stereocenters. The van der Waals surface area contributed by atoms with E-state index in [0.29, 0.717) is 25.0 Å². The van der Waals surface area contributed by atoms with Crippen molar-refractivity contribution in [2.75, 3.05) is 13.2 Å². The number of hydrogen-bond acceptors (Lipinski definition) is 26. The molecule has 70 heavy (non-hydrogen) atoms. The summed E-state index contributed by atoms with van der Waals surface area (Å²) in [6, 6.07) is 39.6. The van der Waals surface area contributed by atoms with E-state index >= 15 is 0 Å². The third kappa shape index (κ3) is 65.3. The van der Waals surface area contributed by atoms with Crippen LogP contribution in [-0.4, -0.2) is 47.1 Å². The van der Waals surface area contributed by atoms with E-state index in [2.05, 4.69) is 68.5 Å². The minimum Gasteiger partial charge on any atom is -0.474 e. The summed E-state index contributed by atoms with van der Waals surface area (Å²) >= 11 is 0. The first-order chi connectivity index (χ1) is 31.5. The maximum atomic E-state index is 8.49. The molecule has 2 aromatic carbocycles. The van der Waals surface area contributed by atoms with Crippen molar-refractivity contribution in [1.82, 2.24) is 9.97 Å². The second kappa shape index (κ2) is 45.3. The number of aliphatic imine (C=N–C) groups is 2. The zero-order chi connectivity index (χ0) is 53.2. The van der Waals surface area contributed by atoms with Gasteiger partial charge in [-0.3, -0.25) is 9.97 Å². The van der Waals surface area contributed by atoms with Crippen molar-refractivity contribution in [3.8, 4) is 24.3 Å². The molecule has 2 aromatic heterocycles. The maximum absolute atomic E-state index is 8.49. The quantitative estimate of drug-likeness (QED) is 0.162. The van der Waals surface area contributed by atoms with Crippen molar-refractivity contribution in [2.45, 2.75) is 52.6 Å². The van der Waals surface area contributed by atoms with E-state index in [-0.39, 0.29) is 46.2 Å². The number of hydrogen-bond donors (Lipinski definition) is 0. The van der Waals surface area contributed by atoms with Gasteiger partial charge >= 0.3 is 34.1 Å². The first kappa shape index (κ1) is 76.7. The number of halogens is 4. The molecule has 0 saturated heterocycles. The Balaban J connectivity index is -0.000000182. The Morgan fingerprint density at radius 3 is 0.843 bits per heavy atom. The molecule has 4 aromatic rings. The summed E-state index contributed by atoms with van der Waals surface area (Å²) in [5, 5.41) is 29.3. The number of nitriles is 4. The summed E-state index contributed by atoms with van der Waals surface area (Å²) in [4.78, 5) is 17.7. The van der Waals surface area contributed by atoms with Gasteiger partial charge < -0.3 is 9.47 Å². The van der Waals surface area contributed by atoms with Crippen molar-refractivity contribution in [3.05, 3.63) is 132 Å². The van der Waals surface area contributed by atoms with Crippen molar-refractivity contribution < 1.29 is 159 Å². The molecule has 390 valence electrons. The molecule has 4 heterocycles. The molecule has 0 fully saturated rings. The van der Waals surface area contributed by atoms with Crippen LogP contribution in [0.3, 0.4) is 0 Å². The van der Waals surface area contributed by atoms with Crippen LogP contribution in [0.15, 0.2) is 119 Å². The fourth-order valence-electron chi connectivity index (χ4n) is 4.07. The Labute approximate surface area is 431 Å². The minimum atomic E-state index is -4.94. The summed E-state index contributed by atoms with van der Waals surface area (Å²) in [7, 11) is -19.8. The number of ether oxygens (including phenoxy) is 2. The van der Waals surface area contributed by atoms with Crippen LogP contribution >= 0.6 is 0 Å². The molecule has 0 aliphatic carbocycles. The van der Waals surface area contributed by atoms with E-state index in [9.17, 15) is 0 Å². The summed E-state index contributed by atoms with van der Waals surface area (Å²) in [5.41, 5.74) is 4.20. The molecule has 2 aliphatic heterocycles. The normalized spacial score (nSPS) is 13.3. The Morgan fingerprint density at radius 1 is 0.429 bits per heavy atom. The zero-order valence-electron chi connectivity index (χ0n) is 36.4. The molecule has 0 N–H and O–H groups in total. The molecule has 6 rings (SSSR count). The van der Waals surface area contributed by atoms with Crippen LogP contribution in [0.2, 0.25) is 0 Å². The van der Waals surface area contributed by atoms with Crippen LogP contribution in [0.25, 0.3) is 0 Å². The number of rotatable bonds is 6. The van der Waals surface area contributed by atoms with Crippen molar-refractivity contribution in [2.24, 2.45) is 9.98 Å². The molecular weight excluding hydrogens is 1130 g/mol. The van der Waals surface area contributed by atoms with E-state index < -0.39 is 41.0 Å². The zero-order valence-corrected chi connectivity index (χ0v) is 41.3. The van der Waals surface area contributed by atoms with Gasteiger partial charge in [-0.25, -0.2) is 84.5 Å². The SMILES string of the molecule is CC#N.CC#N.CC#N.CC#N.[Cu+2].[Cu+2].[O-][Cl+3]([O-])([O-])[O-].[O-][Cl+3]([O-])([O-])[O-].[O-][Cl+3]([O-])([O-])[O-].[O-][Cl+3]([O-])([O-])[O-].c1ccc(C[C@H]2COC(c3ccccn3)=N2)cc1.c1ccc(C[C@H]2COC(c3ccccn3)=N2)cc1. The van der Waals surface area contributed by atoms with Crippen LogP contribution in [0.1, 0.15) is 50.2 Å². The van der Waals surface area contributed by atoms with Gasteiger partial charge in [0.15, 0.2) is 0 Å². The second-order valence-corrected chi connectivity index (χ2v) is 14.0. The Kier molecular flexibility index (Phi) is 49.7. The van der Waals surface area contributed by atoms with Crippen LogP contribution in [0.5, 0.6) is 0 Å².